The lowest BCUT2D eigenvalue weighted by atomic mass is 10.1. The van der Waals surface area contributed by atoms with Crippen LogP contribution in [-0.4, -0.2) is 22.0 Å². The lowest BCUT2D eigenvalue weighted by Crippen LogP contribution is -2.29. The number of amides is 1. The number of anilines is 1. The van der Waals surface area contributed by atoms with E-state index in [0.717, 1.165) is 16.9 Å². The number of rotatable bonds is 0. The van der Waals surface area contributed by atoms with Crippen molar-refractivity contribution in [2.24, 2.45) is 0 Å². The summed E-state index contributed by atoms with van der Waals surface area (Å²) in [6, 6.07) is 15.1. The molecule has 0 spiro atoms. The van der Waals surface area contributed by atoms with Crippen LogP contribution in [0.5, 0.6) is 11.5 Å². The van der Waals surface area contributed by atoms with Gasteiger partial charge in [-0.15, -0.1) is 0 Å². The maximum atomic E-state index is 12.1. The standard InChI is InChI=1S/C20H17N5O2/c21-8-16-5-4-15-7-18(16)27-17-3-1-2-14(6-17)9-24-20(26)11-23-19-10-22-13-25(19)12-15/h1-7,10,13,23H,9,11-12H2,(H,24,26). The highest BCUT2D eigenvalue weighted by Gasteiger charge is 2.11. The number of aromatic nitrogens is 2. The predicted octanol–water partition coefficient (Wildman–Crippen LogP) is 2.64. The summed E-state index contributed by atoms with van der Waals surface area (Å²) in [6.45, 7) is 1.08. The molecule has 4 rings (SSSR count). The zero-order valence-corrected chi connectivity index (χ0v) is 14.5. The molecule has 1 aromatic heterocycles. The second-order valence-electron chi connectivity index (χ2n) is 6.23. The second kappa shape index (κ2) is 7.22. The molecular weight excluding hydrogens is 342 g/mol. The second-order valence-corrected chi connectivity index (χ2v) is 6.23. The van der Waals surface area contributed by atoms with Gasteiger partial charge in [-0.3, -0.25) is 4.79 Å². The predicted molar refractivity (Wildman–Crippen MR) is 99.3 cm³/mol. The Morgan fingerprint density at radius 2 is 2.04 bits per heavy atom. The molecule has 0 unspecified atom stereocenters. The monoisotopic (exact) mass is 359 g/mol. The Bertz CT molecular complexity index is 1030. The smallest absolute Gasteiger partial charge is 0.239 e. The first kappa shape index (κ1) is 16.7. The SMILES string of the molecule is N#Cc1ccc2cc1Oc1cccc(c1)CNC(=O)CNc1cncn1C2. The van der Waals surface area contributed by atoms with Crippen LogP contribution >= 0.6 is 0 Å². The third-order valence-corrected chi connectivity index (χ3v) is 4.28. The van der Waals surface area contributed by atoms with Gasteiger partial charge in [0.25, 0.3) is 0 Å². The van der Waals surface area contributed by atoms with E-state index < -0.39 is 0 Å². The molecule has 4 bridgehead atoms. The normalized spacial score (nSPS) is 13.7. The van der Waals surface area contributed by atoms with Crippen LogP contribution in [0.1, 0.15) is 16.7 Å². The maximum Gasteiger partial charge on any atom is 0.239 e. The van der Waals surface area contributed by atoms with E-state index in [-0.39, 0.29) is 12.5 Å². The van der Waals surface area contributed by atoms with Gasteiger partial charge in [0.2, 0.25) is 5.91 Å². The average Bonchev–Trinajstić information content (AvgIpc) is 3.11. The van der Waals surface area contributed by atoms with Gasteiger partial charge in [-0.05, 0) is 35.4 Å². The van der Waals surface area contributed by atoms with Crippen LogP contribution in [0.15, 0.2) is 55.0 Å². The highest BCUT2D eigenvalue weighted by molar-refractivity contribution is 5.80. The Balaban J connectivity index is 1.75. The first-order chi connectivity index (χ1) is 13.2. The van der Waals surface area contributed by atoms with Gasteiger partial charge in [0.05, 0.1) is 31.2 Å². The Morgan fingerprint density at radius 3 is 2.93 bits per heavy atom. The van der Waals surface area contributed by atoms with Crippen LogP contribution in [-0.2, 0) is 17.9 Å². The maximum absolute atomic E-state index is 12.1. The minimum Gasteiger partial charge on any atom is -0.456 e. The lowest BCUT2D eigenvalue weighted by Gasteiger charge is -2.12. The van der Waals surface area contributed by atoms with Gasteiger partial charge in [0.1, 0.15) is 23.4 Å². The number of imidazole rings is 1. The largest absolute Gasteiger partial charge is 0.456 e. The Kier molecular flexibility index (Phi) is 4.45. The first-order valence-electron chi connectivity index (χ1n) is 8.52. The van der Waals surface area contributed by atoms with Crippen molar-refractivity contribution in [3.05, 3.63) is 71.7 Å². The molecule has 1 aliphatic rings. The number of nitriles is 1. The third-order valence-electron chi connectivity index (χ3n) is 4.28. The zero-order valence-electron chi connectivity index (χ0n) is 14.5. The summed E-state index contributed by atoms with van der Waals surface area (Å²) < 4.78 is 7.88. The van der Waals surface area contributed by atoms with E-state index in [2.05, 4.69) is 21.7 Å². The summed E-state index contributed by atoms with van der Waals surface area (Å²) in [5, 5.41) is 15.4. The van der Waals surface area contributed by atoms with Crippen LogP contribution in [0, 0.1) is 11.3 Å². The van der Waals surface area contributed by atoms with Crippen molar-refractivity contribution >= 4 is 11.7 Å². The summed E-state index contributed by atoms with van der Waals surface area (Å²) in [4.78, 5) is 16.3. The topological polar surface area (TPSA) is 92.0 Å². The number of fused-ring (bicyclic) bond motifs is 5. The molecular formula is C20H17N5O2. The van der Waals surface area contributed by atoms with E-state index in [0.29, 0.717) is 30.2 Å². The molecule has 3 aromatic rings. The van der Waals surface area contributed by atoms with Crippen LogP contribution in [0.4, 0.5) is 5.82 Å². The minimum atomic E-state index is -0.115. The molecule has 7 nitrogen and oxygen atoms in total. The molecule has 0 atom stereocenters. The average molecular weight is 359 g/mol. The van der Waals surface area contributed by atoms with Gasteiger partial charge in [0.15, 0.2) is 0 Å². The van der Waals surface area contributed by atoms with Crippen LogP contribution in [0.2, 0.25) is 0 Å². The van der Waals surface area contributed by atoms with E-state index in [1.54, 1.807) is 18.6 Å². The molecule has 2 N–H and O–H groups in total. The van der Waals surface area contributed by atoms with Crippen molar-refractivity contribution in [1.82, 2.24) is 14.9 Å². The number of carbonyl (C=O) groups excluding carboxylic acids is 1. The number of benzene rings is 2. The minimum absolute atomic E-state index is 0.115. The number of ether oxygens (including phenoxy) is 1. The van der Waals surface area contributed by atoms with Gasteiger partial charge in [-0.25, -0.2) is 4.98 Å². The number of hydrogen-bond donors (Lipinski definition) is 2. The summed E-state index contributed by atoms with van der Waals surface area (Å²) >= 11 is 0. The van der Waals surface area contributed by atoms with Crippen LogP contribution in [0.3, 0.4) is 0 Å². The number of hydrogen-bond acceptors (Lipinski definition) is 5. The molecule has 1 aliphatic heterocycles. The molecule has 27 heavy (non-hydrogen) atoms. The highest BCUT2D eigenvalue weighted by atomic mass is 16.5. The molecule has 134 valence electrons. The van der Waals surface area contributed by atoms with Gasteiger partial charge >= 0.3 is 0 Å². The molecule has 7 heteroatoms. The van der Waals surface area contributed by atoms with Crippen molar-refractivity contribution in [1.29, 1.82) is 5.26 Å². The molecule has 0 fully saturated rings. The van der Waals surface area contributed by atoms with Gasteiger partial charge in [-0.1, -0.05) is 18.2 Å². The summed E-state index contributed by atoms with van der Waals surface area (Å²) in [5.74, 6) is 1.75. The van der Waals surface area contributed by atoms with Gasteiger partial charge in [0, 0.05) is 6.54 Å². The van der Waals surface area contributed by atoms with Crippen molar-refractivity contribution in [3.63, 3.8) is 0 Å². The fourth-order valence-corrected chi connectivity index (χ4v) is 2.91. The van der Waals surface area contributed by atoms with E-state index >= 15 is 0 Å². The number of carbonyl (C=O) groups is 1. The van der Waals surface area contributed by atoms with Crippen molar-refractivity contribution in [2.45, 2.75) is 13.1 Å². The Labute approximate surface area is 156 Å². The fourth-order valence-electron chi connectivity index (χ4n) is 2.91. The lowest BCUT2D eigenvalue weighted by molar-refractivity contribution is -0.119. The van der Waals surface area contributed by atoms with Crippen molar-refractivity contribution in [2.75, 3.05) is 11.9 Å². The number of nitrogens with zero attached hydrogens (tertiary/aromatic N) is 3. The molecule has 2 heterocycles. The molecule has 1 amide bonds. The molecule has 0 aliphatic carbocycles. The molecule has 2 aromatic carbocycles. The zero-order chi connectivity index (χ0) is 18.6. The van der Waals surface area contributed by atoms with E-state index in [1.807, 2.05) is 41.0 Å². The molecule has 0 saturated carbocycles. The van der Waals surface area contributed by atoms with E-state index in [1.165, 1.54) is 0 Å². The van der Waals surface area contributed by atoms with Crippen LogP contribution in [0.25, 0.3) is 0 Å². The Hall–Kier alpha value is -3.79. The quantitative estimate of drug-likeness (QED) is 0.644. The van der Waals surface area contributed by atoms with E-state index in [4.69, 9.17) is 4.74 Å². The first-order valence-corrected chi connectivity index (χ1v) is 8.52. The van der Waals surface area contributed by atoms with E-state index in [9.17, 15) is 10.1 Å². The summed E-state index contributed by atoms with van der Waals surface area (Å²) in [6.07, 6.45) is 3.37. The highest BCUT2D eigenvalue weighted by Crippen LogP contribution is 2.27. The number of nitrogens with one attached hydrogen (secondary N) is 2. The third kappa shape index (κ3) is 3.75. The van der Waals surface area contributed by atoms with Crippen LogP contribution < -0.4 is 15.4 Å². The molecule has 0 saturated heterocycles. The van der Waals surface area contributed by atoms with Crippen molar-refractivity contribution < 1.29 is 9.53 Å². The van der Waals surface area contributed by atoms with Crippen molar-refractivity contribution in [3.8, 4) is 17.6 Å². The van der Waals surface area contributed by atoms with Gasteiger partial charge < -0.3 is 19.9 Å². The van der Waals surface area contributed by atoms with Gasteiger partial charge in [-0.2, -0.15) is 5.26 Å². The summed E-state index contributed by atoms with van der Waals surface area (Å²) in [7, 11) is 0. The summed E-state index contributed by atoms with van der Waals surface area (Å²) in [5.41, 5.74) is 2.33. The Morgan fingerprint density at radius 1 is 1.11 bits per heavy atom. The molecule has 0 radical (unpaired) electrons. The fraction of sp³-hybridized carbons (Fsp3) is 0.150.